The minimum atomic E-state index is -0.942. The number of carbonyl (C=O) groups is 3. The molecule has 1 saturated carbocycles. The zero-order valence-electron chi connectivity index (χ0n) is 29.5. The molecule has 2 aromatic heterocycles. The molecule has 9 nitrogen and oxygen atoms in total. The van der Waals surface area contributed by atoms with Crippen LogP contribution < -0.4 is 15.4 Å². The lowest BCUT2D eigenvalue weighted by molar-refractivity contribution is -0.154. The fourth-order valence-electron chi connectivity index (χ4n) is 5.87. The molecule has 2 aromatic carbocycles. The third-order valence-electron chi connectivity index (χ3n) is 9.31. The van der Waals surface area contributed by atoms with Gasteiger partial charge < -0.3 is 20.5 Å². The highest BCUT2D eigenvalue weighted by atomic mass is 32.1. The highest BCUT2D eigenvalue weighted by molar-refractivity contribution is 7.14. The largest absolute Gasteiger partial charge is 0.494 e. The number of nitrogens with one attached hydrogen (secondary N) is 2. The molecule has 5 rings (SSSR count). The first-order chi connectivity index (χ1) is 24.0. The molecular formula is C40H48N4O5S. The second-order valence-electron chi connectivity index (χ2n) is 14.2. The molecule has 2 heterocycles. The van der Waals surface area contributed by atoms with Gasteiger partial charge in [0.2, 0.25) is 5.91 Å². The van der Waals surface area contributed by atoms with Gasteiger partial charge >= 0.3 is 5.97 Å². The maximum atomic E-state index is 13.5. The summed E-state index contributed by atoms with van der Waals surface area (Å²) in [6.45, 7) is 9.21. The summed E-state index contributed by atoms with van der Waals surface area (Å²) in [6, 6.07) is 18.4. The Morgan fingerprint density at radius 2 is 1.58 bits per heavy atom. The number of carbonyl (C=O) groups excluding carboxylic acids is 2. The highest BCUT2D eigenvalue weighted by Crippen LogP contribution is 2.40. The van der Waals surface area contributed by atoms with Gasteiger partial charge in [-0.05, 0) is 60.1 Å². The van der Waals surface area contributed by atoms with E-state index in [1.54, 1.807) is 18.5 Å². The second kappa shape index (κ2) is 16.4. The zero-order chi connectivity index (χ0) is 35.7. The molecule has 0 spiro atoms. The average molecular weight is 697 g/mol. The monoisotopic (exact) mass is 696 g/mol. The van der Waals surface area contributed by atoms with Crippen molar-refractivity contribution in [2.24, 2.45) is 5.41 Å². The molecule has 50 heavy (non-hydrogen) atoms. The third-order valence-corrected chi connectivity index (χ3v) is 10.8. The Kier molecular flexibility index (Phi) is 12.1. The van der Waals surface area contributed by atoms with E-state index < -0.39 is 23.3 Å². The minimum Gasteiger partial charge on any atom is -0.494 e. The van der Waals surface area contributed by atoms with Gasteiger partial charge in [0, 0.05) is 41.4 Å². The van der Waals surface area contributed by atoms with Crippen molar-refractivity contribution in [2.45, 2.75) is 90.5 Å². The molecular weight excluding hydrogens is 649 g/mol. The van der Waals surface area contributed by atoms with E-state index in [2.05, 4.69) is 48.3 Å². The van der Waals surface area contributed by atoms with E-state index in [1.807, 2.05) is 54.6 Å². The summed E-state index contributed by atoms with van der Waals surface area (Å²) in [5.41, 5.74) is 2.50. The molecule has 264 valence electrons. The van der Waals surface area contributed by atoms with E-state index in [4.69, 9.17) is 4.74 Å². The van der Waals surface area contributed by atoms with E-state index in [-0.39, 0.29) is 24.3 Å². The van der Waals surface area contributed by atoms with E-state index in [1.165, 1.54) is 30.6 Å². The Bertz CT molecular complexity index is 1740. The van der Waals surface area contributed by atoms with Gasteiger partial charge in [-0.25, -0.2) is 9.97 Å². The van der Waals surface area contributed by atoms with Gasteiger partial charge in [-0.15, -0.1) is 11.3 Å². The Labute approximate surface area is 298 Å². The van der Waals surface area contributed by atoms with Gasteiger partial charge in [0.1, 0.15) is 11.8 Å². The Hall–Kier alpha value is -4.57. The van der Waals surface area contributed by atoms with Crippen LogP contribution in [0.1, 0.15) is 92.8 Å². The molecule has 1 aliphatic carbocycles. The molecule has 0 saturated heterocycles. The molecule has 0 radical (unpaired) electrons. The number of hydrogen-bond donors (Lipinski definition) is 3. The van der Waals surface area contributed by atoms with E-state index in [0.717, 1.165) is 52.3 Å². The lowest BCUT2D eigenvalue weighted by Gasteiger charge is -2.37. The Morgan fingerprint density at radius 3 is 2.16 bits per heavy atom. The van der Waals surface area contributed by atoms with Gasteiger partial charge in [-0.3, -0.25) is 14.4 Å². The van der Waals surface area contributed by atoms with Gasteiger partial charge in [-0.1, -0.05) is 89.8 Å². The summed E-state index contributed by atoms with van der Waals surface area (Å²) >= 11 is 1.41. The number of carboxylic acid groups (broad SMARTS) is 1. The fraction of sp³-hybridized carbons (Fsp3) is 0.425. The first-order valence-corrected chi connectivity index (χ1v) is 18.4. The topological polar surface area (TPSA) is 131 Å². The summed E-state index contributed by atoms with van der Waals surface area (Å²) in [4.78, 5) is 49.5. The first kappa shape index (κ1) is 36.7. The molecule has 1 atom stereocenters. The summed E-state index contributed by atoms with van der Waals surface area (Å²) < 4.78 is 5.86. The van der Waals surface area contributed by atoms with Crippen molar-refractivity contribution in [3.63, 3.8) is 0 Å². The molecule has 1 aliphatic rings. The van der Waals surface area contributed by atoms with Crippen molar-refractivity contribution in [2.75, 3.05) is 13.2 Å². The summed E-state index contributed by atoms with van der Waals surface area (Å²) in [5.74, 6) is -0.225. The molecule has 1 unspecified atom stereocenters. The van der Waals surface area contributed by atoms with Crippen molar-refractivity contribution < 1.29 is 24.2 Å². The van der Waals surface area contributed by atoms with Crippen LogP contribution in [0.2, 0.25) is 0 Å². The number of rotatable bonds is 16. The maximum absolute atomic E-state index is 13.5. The number of benzene rings is 2. The van der Waals surface area contributed by atoms with Gasteiger partial charge in [0.15, 0.2) is 5.82 Å². The van der Waals surface area contributed by atoms with E-state index in [9.17, 15) is 19.5 Å². The van der Waals surface area contributed by atoms with Crippen molar-refractivity contribution >= 4 is 29.1 Å². The maximum Gasteiger partial charge on any atom is 0.311 e. The summed E-state index contributed by atoms with van der Waals surface area (Å²) in [6.07, 6.45) is 10.4. The van der Waals surface area contributed by atoms with Crippen LogP contribution in [0, 0.1) is 5.41 Å². The number of carboxylic acids is 1. The number of thiophene rings is 1. The molecule has 4 aromatic rings. The number of nitrogens with zero attached hydrogens (tertiary/aromatic N) is 2. The second-order valence-corrected chi connectivity index (χ2v) is 15.3. The van der Waals surface area contributed by atoms with Crippen molar-refractivity contribution in [1.29, 1.82) is 0 Å². The quantitative estimate of drug-likeness (QED) is 0.102. The highest BCUT2D eigenvalue weighted by Gasteiger charge is 2.44. The third kappa shape index (κ3) is 9.35. The standard InChI is InChI=1S/C40H48N4O5S/c1-5-6-7-8-22-49-31-16-14-28(15-17-31)30-24-41-35(42-25-30)29-12-10-27(11-13-29)23-32(36(45)43-26-40(38(47)48)20-9-21-40)44-37(46)33-18-19-34(50-33)39(2,3)4/h10-19,24-25,32H,5-9,20-23,26H2,1-4H3,(H,43,45)(H,44,46)(H,47,48). The van der Waals surface area contributed by atoms with Gasteiger partial charge in [-0.2, -0.15) is 0 Å². The van der Waals surface area contributed by atoms with Crippen molar-refractivity contribution in [1.82, 2.24) is 20.6 Å². The van der Waals surface area contributed by atoms with E-state index >= 15 is 0 Å². The van der Waals surface area contributed by atoms with Crippen LogP contribution in [0.4, 0.5) is 0 Å². The molecule has 0 aliphatic heterocycles. The zero-order valence-corrected chi connectivity index (χ0v) is 30.3. The van der Waals surface area contributed by atoms with Gasteiger partial charge in [0.05, 0.1) is 16.9 Å². The van der Waals surface area contributed by atoms with Crippen molar-refractivity contribution in [3.8, 4) is 28.3 Å². The Balaban J connectivity index is 1.24. The molecule has 1 fully saturated rings. The van der Waals surface area contributed by atoms with Crippen molar-refractivity contribution in [3.05, 3.63) is 88.4 Å². The van der Waals surface area contributed by atoms with Crippen LogP contribution in [0.5, 0.6) is 5.75 Å². The number of ether oxygens (including phenoxy) is 1. The van der Waals surface area contributed by atoms with E-state index in [0.29, 0.717) is 23.5 Å². The summed E-state index contributed by atoms with van der Waals surface area (Å²) in [7, 11) is 0. The minimum absolute atomic E-state index is 0.0318. The number of hydrogen-bond acceptors (Lipinski definition) is 7. The molecule has 10 heteroatoms. The Morgan fingerprint density at radius 1 is 0.900 bits per heavy atom. The lowest BCUT2D eigenvalue weighted by atomic mass is 9.69. The number of aliphatic carboxylic acids is 1. The van der Waals surface area contributed by atoms with Crippen LogP contribution in [0.25, 0.3) is 22.5 Å². The number of unbranched alkanes of at least 4 members (excludes halogenated alkanes) is 3. The number of amides is 2. The van der Waals surface area contributed by atoms with Crippen LogP contribution in [-0.2, 0) is 21.4 Å². The first-order valence-electron chi connectivity index (χ1n) is 17.5. The molecule has 3 N–H and O–H groups in total. The molecule has 0 bridgehead atoms. The normalized spacial score (nSPS) is 14.3. The average Bonchev–Trinajstić information content (AvgIpc) is 3.60. The van der Waals surface area contributed by atoms with Crippen LogP contribution in [0.15, 0.2) is 73.1 Å². The lowest BCUT2D eigenvalue weighted by Crippen LogP contribution is -2.53. The smallest absolute Gasteiger partial charge is 0.311 e. The van der Waals surface area contributed by atoms with Crippen LogP contribution in [-0.4, -0.2) is 52.1 Å². The van der Waals surface area contributed by atoms with Gasteiger partial charge in [0.25, 0.3) is 5.91 Å². The van der Waals surface area contributed by atoms with Crippen LogP contribution >= 0.6 is 11.3 Å². The predicted molar refractivity (Wildman–Crippen MR) is 197 cm³/mol. The fourth-order valence-corrected chi connectivity index (χ4v) is 6.83. The SMILES string of the molecule is CCCCCCOc1ccc(-c2cnc(-c3ccc(CC(NC(=O)c4ccc(C(C)(C)C)s4)C(=O)NCC4(C(=O)O)CCC4)cc3)nc2)cc1. The molecule has 2 amide bonds. The summed E-state index contributed by atoms with van der Waals surface area (Å²) in [5, 5.41) is 15.5. The van der Waals surface area contributed by atoms with Crippen LogP contribution in [0.3, 0.4) is 0 Å². The predicted octanol–water partition coefficient (Wildman–Crippen LogP) is 7.84. The number of aromatic nitrogens is 2.